The summed E-state index contributed by atoms with van der Waals surface area (Å²) >= 11 is 0. The number of pyridine rings is 1. The Morgan fingerprint density at radius 3 is 2.60 bits per heavy atom. The summed E-state index contributed by atoms with van der Waals surface area (Å²) < 4.78 is 0. The number of hydrogen-bond acceptors (Lipinski definition) is 3. The number of rotatable bonds is 5. The second-order valence-corrected chi connectivity index (χ2v) is 5.85. The molecule has 1 heterocycles. The van der Waals surface area contributed by atoms with Crippen molar-refractivity contribution in [2.45, 2.75) is 46.0 Å². The Morgan fingerprint density at radius 2 is 2.00 bits per heavy atom. The van der Waals surface area contributed by atoms with Crippen molar-refractivity contribution in [2.24, 2.45) is 11.8 Å². The van der Waals surface area contributed by atoms with E-state index in [0.29, 0.717) is 11.6 Å². The van der Waals surface area contributed by atoms with Gasteiger partial charge in [0.25, 0.3) is 0 Å². The van der Waals surface area contributed by atoms with Gasteiger partial charge in [0, 0.05) is 18.4 Å². The van der Waals surface area contributed by atoms with Crippen molar-refractivity contribution in [3.63, 3.8) is 0 Å². The molecule has 4 heteroatoms. The Morgan fingerprint density at radius 1 is 1.35 bits per heavy atom. The van der Waals surface area contributed by atoms with Crippen molar-refractivity contribution in [2.75, 3.05) is 11.9 Å². The predicted molar refractivity (Wildman–Crippen MR) is 80.2 cm³/mol. The zero-order valence-corrected chi connectivity index (χ0v) is 12.4. The summed E-state index contributed by atoms with van der Waals surface area (Å²) in [5.74, 6) is 0.631. The summed E-state index contributed by atoms with van der Waals surface area (Å²) in [7, 11) is 0. The molecule has 0 amide bonds. The molecule has 0 aromatic carbocycles. The molecule has 1 fully saturated rings. The predicted octanol–water partition coefficient (Wildman–Crippen LogP) is 3.72. The molecule has 1 aromatic rings. The SMILES string of the molecule is CCC1CCC(CNc2cc(C)ncc2C(=O)O)CC1. The largest absolute Gasteiger partial charge is 0.478 e. The first kappa shape index (κ1) is 14.8. The van der Waals surface area contributed by atoms with Gasteiger partial charge >= 0.3 is 5.97 Å². The highest BCUT2D eigenvalue weighted by Gasteiger charge is 2.20. The summed E-state index contributed by atoms with van der Waals surface area (Å²) in [6.45, 7) is 5.01. The number of carbonyl (C=O) groups is 1. The van der Waals surface area contributed by atoms with E-state index in [9.17, 15) is 9.90 Å². The number of anilines is 1. The maximum absolute atomic E-state index is 11.2. The number of carboxylic acids is 1. The van der Waals surface area contributed by atoms with Crippen molar-refractivity contribution in [1.29, 1.82) is 0 Å². The molecule has 0 spiro atoms. The third-order valence-corrected chi connectivity index (χ3v) is 4.40. The highest BCUT2D eigenvalue weighted by Crippen LogP contribution is 2.31. The van der Waals surface area contributed by atoms with Crippen LogP contribution in [0.1, 0.15) is 55.1 Å². The Labute approximate surface area is 120 Å². The molecule has 0 saturated heterocycles. The molecule has 1 aromatic heterocycles. The normalized spacial score (nSPS) is 22.5. The molecular weight excluding hydrogens is 252 g/mol. The van der Waals surface area contributed by atoms with Crippen LogP contribution in [0, 0.1) is 18.8 Å². The van der Waals surface area contributed by atoms with Gasteiger partial charge in [-0.3, -0.25) is 4.98 Å². The maximum Gasteiger partial charge on any atom is 0.339 e. The second kappa shape index (κ2) is 6.73. The van der Waals surface area contributed by atoms with E-state index < -0.39 is 5.97 Å². The van der Waals surface area contributed by atoms with Crippen molar-refractivity contribution >= 4 is 11.7 Å². The van der Waals surface area contributed by atoms with Crippen LogP contribution in [0.25, 0.3) is 0 Å². The van der Waals surface area contributed by atoms with Crippen LogP contribution < -0.4 is 5.32 Å². The molecule has 4 nitrogen and oxygen atoms in total. The standard InChI is InChI=1S/C16H24N2O2/c1-3-12-4-6-13(7-5-12)9-18-15-8-11(2)17-10-14(15)16(19)20/h8,10,12-13H,3-7,9H2,1-2H3,(H,17,18)(H,19,20). The van der Waals surface area contributed by atoms with E-state index in [1.807, 2.05) is 13.0 Å². The number of aryl methyl sites for hydroxylation is 1. The molecule has 2 rings (SSSR count). The first-order valence-corrected chi connectivity index (χ1v) is 7.54. The van der Waals surface area contributed by atoms with Gasteiger partial charge < -0.3 is 10.4 Å². The third-order valence-electron chi connectivity index (χ3n) is 4.40. The molecule has 20 heavy (non-hydrogen) atoms. The quantitative estimate of drug-likeness (QED) is 0.860. The van der Waals surface area contributed by atoms with E-state index >= 15 is 0 Å². The van der Waals surface area contributed by atoms with Crippen LogP contribution in [-0.2, 0) is 0 Å². The molecule has 0 radical (unpaired) electrons. The minimum Gasteiger partial charge on any atom is -0.478 e. The van der Waals surface area contributed by atoms with Gasteiger partial charge in [-0.1, -0.05) is 26.2 Å². The number of carboxylic acid groups (broad SMARTS) is 1. The summed E-state index contributed by atoms with van der Waals surface area (Å²) in [5.41, 5.74) is 1.80. The van der Waals surface area contributed by atoms with Crippen LogP contribution in [0.4, 0.5) is 5.69 Å². The van der Waals surface area contributed by atoms with Gasteiger partial charge in [0.15, 0.2) is 0 Å². The Bertz CT molecular complexity index is 466. The Hall–Kier alpha value is -1.58. The smallest absolute Gasteiger partial charge is 0.339 e. The number of nitrogens with zero attached hydrogens (tertiary/aromatic N) is 1. The zero-order valence-electron chi connectivity index (χ0n) is 12.4. The Balaban J connectivity index is 1.94. The first-order valence-electron chi connectivity index (χ1n) is 7.54. The molecule has 1 aliphatic rings. The van der Waals surface area contributed by atoms with Crippen LogP contribution in [0.3, 0.4) is 0 Å². The van der Waals surface area contributed by atoms with Gasteiger partial charge in [-0.25, -0.2) is 4.79 Å². The summed E-state index contributed by atoms with van der Waals surface area (Å²) in [6.07, 6.45) is 7.84. The molecule has 110 valence electrons. The van der Waals surface area contributed by atoms with Gasteiger partial charge in [0.2, 0.25) is 0 Å². The number of nitrogens with one attached hydrogen (secondary N) is 1. The second-order valence-electron chi connectivity index (χ2n) is 5.85. The molecular formula is C16H24N2O2. The molecule has 1 aliphatic carbocycles. The zero-order chi connectivity index (χ0) is 14.5. The molecule has 0 atom stereocenters. The summed E-state index contributed by atoms with van der Waals surface area (Å²) in [6, 6.07) is 1.82. The fraction of sp³-hybridized carbons (Fsp3) is 0.625. The molecule has 1 saturated carbocycles. The fourth-order valence-electron chi connectivity index (χ4n) is 2.97. The van der Waals surface area contributed by atoms with Crippen molar-refractivity contribution < 1.29 is 9.90 Å². The summed E-state index contributed by atoms with van der Waals surface area (Å²) in [5, 5.41) is 12.5. The van der Waals surface area contributed by atoms with Gasteiger partial charge in [-0.05, 0) is 37.7 Å². The van der Waals surface area contributed by atoms with Gasteiger partial charge in [-0.15, -0.1) is 0 Å². The fourth-order valence-corrected chi connectivity index (χ4v) is 2.97. The van der Waals surface area contributed by atoms with E-state index in [1.165, 1.54) is 38.3 Å². The molecule has 2 N–H and O–H groups in total. The lowest BCUT2D eigenvalue weighted by molar-refractivity contribution is 0.0697. The van der Waals surface area contributed by atoms with E-state index in [2.05, 4.69) is 17.2 Å². The summed E-state index contributed by atoms with van der Waals surface area (Å²) in [4.78, 5) is 15.2. The lowest BCUT2D eigenvalue weighted by atomic mass is 9.81. The van der Waals surface area contributed by atoms with Crippen molar-refractivity contribution in [3.8, 4) is 0 Å². The highest BCUT2D eigenvalue weighted by atomic mass is 16.4. The van der Waals surface area contributed by atoms with E-state index in [4.69, 9.17) is 0 Å². The topological polar surface area (TPSA) is 62.2 Å². The third kappa shape index (κ3) is 3.71. The Kier molecular flexibility index (Phi) is 4.99. The highest BCUT2D eigenvalue weighted by molar-refractivity contribution is 5.93. The molecule has 0 aliphatic heterocycles. The van der Waals surface area contributed by atoms with Crippen LogP contribution in [-0.4, -0.2) is 22.6 Å². The first-order chi connectivity index (χ1) is 9.60. The number of hydrogen-bond donors (Lipinski definition) is 2. The lowest BCUT2D eigenvalue weighted by Gasteiger charge is -2.28. The average Bonchev–Trinajstić information content (AvgIpc) is 2.45. The monoisotopic (exact) mass is 276 g/mol. The molecule has 0 bridgehead atoms. The minimum atomic E-state index is -0.922. The van der Waals surface area contributed by atoms with E-state index in [0.717, 1.165) is 18.2 Å². The van der Waals surface area contributed by atoms with Gasteiger partial charge in [0.05, 0.1) is 5.69 Å². The van der Waals surface area contributed by atoms with Gasteiger partial charge in [0.1, 0.15) is 5.56 Å². The van der Waals surface area contributed by atoms with Crippen molar-refractivity contribution in [1.82, 2.24) is 4.98 Å². The van der Waals surface area contributed by atoms with Crippen LogP contribution in [0.5, 0.6) is 0 Å². The average molecular weight is 276 g/mol. The minimum absolute atomic E-state index is 0.262. The van der Waals surface area contributed by atoms with Crippen LogP contribution >= 0.6 is 0 Å². The lowest BCUT2D eigenvalue weighted by Crippen LogP contribution is -2.21. The maximum atomic E-state index is 11.2. The number of aromatic nitrogens is 1. The van der Waals surface area contributed by atoms with Crippen LogP contribution in [0.15, 0.2) is 12.3 Å². The van der Waals surface area contributed by atoms with Crippen molar-refractivity contribution in [3.05, 3.63) is 23.5 Å². The van der Waals surface area contributed by atoms with E-state index in [-0.39, 0.29) is 5.56 Å². The molecule has 0 unspecified atom stereocenters. The van der Waals surface area contributed by atoms with Gasteiger partial charge in [-0.2, -0.15) is 0 Å². The number of aromatic carboxylic acids is 1. The van der Waals surface area contributed by atoms with Crippen LogP contribution in [0.2, 0.25) is 0 Å². The van der Waals surface area contributed by atoms with E-state index in [1.54, 1.807) is 0 Å².